The number of alkyl halides is 1. The standard InChI is InChI=1S/C28H35BrClN3O4S/c1-4-13-31(3)25(35)21-22-26(36)33(15-9-6-10-16-34)24(28(22)17-18(29)23(21)38-28)27(37)32(14-5-2)20-12-8-7-11-19(20)30/h4-5,7-8,11-12,18,21-24,34H,1-2,6,9-10,13-17H2,3H3/t18?,21-,22-,23-,24?,28?/m0/s1. The van der Waals surface area contributed by atoms with E-state index < -0.39 is 22.6 Å². The fourth-order valence-electron chi connectivity index (χ4n) is 6.29. The lowest BCUT2D eigenvalue weighted by molar-refractivity contribution is -0.143. The van der Waals surface area contributed by atoms with Crippen LogP contribution >= 0.6 is 39.3 Å². The molecule has 10 heteroatoms. The molecule has 3 unspecified atom stereocenters. The fourth-order valence-corrected chi connectivity index (χ4v) is 10.1. The molecule has 1 N–H and O–H groups in total. The molecule has 4 rings (SSSR count). The Balaban J connectivity index is 1.77. The van der Waals surface area contributed by atoms with Crippen molar-refractivity contribution < 1.29 is 19.5 Å². The quantitative estimate of drug-likeness (QED) is 0.215. The van der Waals surface area contributed by atoms with Gasteiger partial charge in [-0.2, -0.15) is 0 Å². The lowest BCUT2D eigenvalue weighted by Crippen LogP contribution is -2.56. The SMILES string of the molecule is C=CCN(C)C(=O)[C@H]1[C@H]2C(=O)N(CCCCCO)C(C(=O)N(CC=C)c3ccccc3Cl)C23CC(Br)[C@@H]1S3. The Morgan fingerprint density at radius 2 is 1.92 bits per heavy atom. The van der Waals surface area contributed by atoms with Gasteiger partial charge < -0.3 is 19.8 Å². The summed E-state index contributed by atoms with van der Waals surface area (Å²) in [4.78, 5) is 47.3. The van der Waals surface area contributed by atoms with Crippen molar-refractivity contribution in [1.29, 1.82) is 0 Å². The number of para-hydroxylation sites is 1. The summed E-state index contributed by atoms with van der Waals surface area (Å²) in [6, 6.07) is 6.42. The first-order chi connectivity index (χ1) is 18.2. The van der Waals surface area contributed by atoms with Crippen molar-refractivity contribution in [1.82, 2.24) is 9.80 Å². The number of likely N-dealkylation sites (tertiary alicyclic amines) is 1. The van der Waals surface area contributed by atoms with Gasteiger partial charge in [-0.05, 0) is 37.8 Å². The molecular weight excluding hydrogens is 590 g/mol. The molecule has 2 bridgehead atoms. The number of likely N-dealkylation sites (N-methyl/N-ethyl adjacent to an activating group) is 1. The van der Waals surface area contributed by atoms with Crippen molar-refractivity contribution in [3.05, 3.63) is 54.6 Å². The summed E-state index contributed by atoms with van der Waals surface area (Å²) in [6.45, 7) is 8.70. The van der Waals surface area contributed by atoms with Crippen LogP contribution in [0.2, 0.25) is 5.02 Å². The fraction of sp³-hybridized carbons (Fsp3) is 0.536. The molecule has 3 heterocycles. The van der Waals surface area contributed by atoms with Crippen molar-refractivity contribution in [2.75, 3.05) is 38.2 Å². The van der Waals surface area contributed by atoms with Gasteiger partial charge in [-0.1, -0.05) is 51.8 Å². The van der Waals surface area contributed by atoms with Gasteiger partial charge in [-0.15, -0.1) is 24.9 Å². The van der Waals surface area contributed by atoms with E-state index in [1.165, 1.54) is 0 Å². The number of carbonyl (C=O) groups is 3. The van der Waals surface area contributed by atoms with Crippen molar-refractivity contribution >= 4 is 62.7 Å². The molecule has 0 aromatic heterocycles. The van der Waals surface area contributed by atoms with Gasteiger partial charge in [0.1, 0.15) is 6.04 Å². The second-order valence-corrected chi connectivity index (χ2v) is 13.3. The molecule has 206 valence electrons. The van der Waals surface area contributed by atoms with Gasteiger partial charge in [0, 0.05) is 43.4 Å². The smallest absolute Gasteiger partial charge is 0.251 e. The number of aliphatic hydroxyl groups excluding tert-OH is 1. The monoisotopic (exact) mass is 623 g/mol. The Morgan fingerprint density at radius 1 is 1.21 bits per heavy atom. The largest absolute Gasteiger partial charge is 0.396 e. The Labute approximate surface area is 242 Å². The third kappa shape index (κ3) is 4.95. The summed E-state index contributed by atoms with van der Waals surface area (Å²) in [6.07, 6.45) is 5.97. The molecule has 1 aromatic rings. The number of rotatable bonds is 12. The van der Waals surface area contributed by atoms with Gasteiger partial charge in [-0.3, -0.25) is 14.4 Å². The van der Waals surface area contributed by atoms with Crippen molar-refractivity contribution in [2.45, 2.75) is 46.5 Å². The molecule has 1 aromatic carbocycles. The Kier molecular flexibility index (Phi) is 9.33. The maximum Gasteiger partial charge on any atom is 0.251 e. The number of anilines is 1. The zero-order chi connectivity index (χ0) is 27.6. The van der Waals surface area contributed by atoms with Gasteiger partial charge >= 0.3 is 0 Å². The van der Waals surface area contributed by atoms with Crippen LogP contribution < -0.4 is 4.90 Å². The number of fused-ring (bicyclic) bond motifs is 1. The normalized spacial score (nSPS) is 29.3. The lowest BCUT2D eigenvalue weighted by atomic mass is 9.70. The number of benzene rings is 1. The predicted octanol–water partition coefficient (Wildman–Crippen LogP) is 4.13. The van der Waals surface area contributed by atoms with E-state index >= 15 is 0 Å². The summed E-state index contributed by atoms with van der Waals surface area (Å²) in [5, 5.41) is 9.58. The van der Waals surface area contributed by atoms with Crippen LogP contribution in [0, 0.1) is 11.8 Å². The van der Waals surface area contributed by atoms with Crippen molar-refractivity contribution in [2.24, 2.45) is 11.8 Å². The highest BCUT2D eigenvalue weighted by Crippen LogP contribution is 2.68. The minimum Gasteiger partial charge on any atom is -0.396 e. The molecule has 7 nitrogen and oxygen atoms in total. The summed E-state index contributed by atoms with van der Waals surface area (Å²) in [5.74, 6) is -1.55. The molecule has 3 fully saturated rings. The van der Waals surface area contributed by atoms with Crippen molar-refractivity contribution in [3.8, 4) is 0 Å². The van der Waals surface area contributed by atoms with Gasteiger partial charge in [0.2, 0.25) is 11.8 Å². The first kappa shape index (κ1) is 29.2. The zero-order valence-corrected chi connectivity index (χ0v) is 24.8. The topological polar surface area (TPSA) is 81.2 Å². The minimum absolute atomic E-state index is 0.000405. The van der Waals surface area contributed by atoms with E-state index in [0.717, 1.165) is 6.42 Å². The van der Waals surface area contributed by atoms with E-state index in [9.17, 15) is 19.5 Å². The zero-order valence-electron chi connectivity index (χ0n) is 21.6. The highest BCUT2D eigenvalue weighted by molar-refractivity contribution is 9.09. The highest BCUT2D eigenvalue weighted by atomic mass is 79.9. The molecule has 1 spiro atoms. The van der Waals surface area contributed by atoms with E-state index in [-0.39, 0.29) is 41.0 Å². The molecular formula is C28H35BrClN3O4S. The Bertz CT molecular complexity index is 1110. The molecule has 0 saturated carbocycles. The number of carbonyl (C=O) groups excluding carboxylic acids is 3. The number of halogens is 2. The number of hydrogen-bond acceptors (Lipinski definition) is 5. The average Bonchev–Trinajstić information content (AvgIpc) is 3.48. The first-order valence-electron chi connectivity index (χ1n) is 13.0. The summed E-state index contributed by atoms with van der Waals surface area (Å²) in [7, 11) is 1.73. The molecule has 0 radical (unpaired) electrons. The first-order valence-corrected chi connectivity index (χ1v) is 15.2. The number of thioether (sulfide) groups is 1. The second-order valence-electron chi connectivity index (χ2n) is 10.2. The third-order valence-electron chi connectivity index (χ3n) is 7.87. The van der Waals surface area contributed by atoms with Gasteiger partial charge in [-0.25, -0.2) is 0 Å². The summed E-state index contributed by atoms with van der Waals surface area (Å²) < 4.78 is -0.736. The maximum atomic E-state index is 14.5. The van der Waals surface area contributed by atoms with Crippen LogP contribution in [0.3, 0.4) is 0 Å². The Hall–Kier alpha value is -1.81. The van der Waals surface area contributed by atoms with Crippen LogP contribution in [0.4, 0.5) is 5.69 Å². The molecule has 6 atom stereocenters. The van der Waals surface area contributed by atoms with Gasteiger partial charge in [0.15, 0.2) is 0 Å². The van der Waals surface area contributed by atoms with Crippen molar-refractivity contribution in [3.63, 3.8) is 0 Å². The molecule has 0 aliphatic carbocycles. The van der Waals surface area contributed by atoms with E-state index in [1.54, 1.807) is 57.8 Å². The molecule has 3 aliphatic rings. The third-order valence-corrected chi connectivity index (χ3v) is 11.4. The number of aliphatic hydroxyl groups is 1. The lowest BCUT2D eigenvalue weighted by Gasteiger charge is -2.38. The minimum atomic E-state index is -0.747. The number of unbranched alkanes of at least 4 members (excludes halogenated alkanes) is 2. The van der Waals surface area contributed by atoms with E-state index in [0.29, 0.717) is 43.1 Å². The number of amides is 3. The van der Waals surface area contributed by atoms with Crippen LogP contribution in [-0.2, 0) is 14.4 Å². The summed E-state index contributed by atoms with van der Waals surface area (Å²) >= 11 is 12.0. The summed E-state index contributed by atoms with van der Waals surface area (Å²) in [5.41, 5.74) is 0.567. The van der Waals surface area contributed by atoms with E-state index in [4.69, 9.17) is 11.6 Å². The average molecular weight is 625 g/mol. The van der Waals surface area contributed by atoms with Crippen LogP contribution in [0.15, 0.2) is 49.6 Å². The van der Waals surface area contributed by atoms with Crippen LogP contribution in [0.25, 0.3) is 0 Å². The van der Waals surface area contributed by atoms with Gasteiger partial charge in [0.05, 0.1) is 27.3 Å². The van der Waals surface area contributed by atoms with E-state index in [1.807, 2.05) is 12.1 Å². The maximum absolute atomic E-state index is 14.5. The molecule has 38 heavy (non-hydrogen) atoms. The molecule has 3 saturated heterocycles. The second kappa shape index (κ2) is 12.1. The number of hydrogen-bond donors (Lipinski definition) is 1. The molecule has 3 amide bonds. The molecule has 3 aliphatic heterocycles. The van der Waals surface area contributed by atoms with Gasteiger partial charge in [0.25, 0.3) is 5.91 Å². The number of nitrogens with zero attached hydrogens (tertiary/aromatic N) is 3. The predicted molar refractivity (Wildman–Crippen MR) is 157 cm³/mol. The van der Waals surface area contributed by atoms with E-state index in [2.05, 4.69) is 29.1 Å². The Morgan fingerprint density at radius 3 is 2.58 bits per heavy atom. The van der Waals surface area contributed by atoms with Crippen LogP contribution in [0.1, 0.15) is 25.7 Å². The highest BCUT2D eigenvalue weighted by Gasteiger charge is 2.75. The van der Waals surface area contributed by atoms with Crippen LogP contribution in [0.5, 0.6) is 0 Å². The van der Waals surface area contributed by atoms with Crippen LogP contribution in [-0.4, -0.2) is 86.8 Å².